The van der Waals surface area contributed by atoms with Gasteiger partial charge in [0.15, 0.2) is 18.8 Å². The van der Waals surface area contributed by atoms with Crippen LogP contribution in [-0.2, 0) is 11.2 Å². The van der Waals surface area contributed by atoms with Crippen LogP contribution in [0.1, 0.15) is 11.3 Å². The van der Waals surface area contributed by atoms with Gasteiger partial charge in [0.05, 0.1) is 10.7 Å². The van der Waals surface area contributed by atoms with Gasteiger partial charge in [0.25, 0.3) is 5.91 Å². The minimum Gasteiger partial charge on any atom is -0.482 e. The molecule has 0 spiro atoms. The van der Waals surface area contributed by atoms with Crippen molar-refractivity contribution >= 4 is 17.5 Å². The average molecular weight is 343 g/mol. The van der Waals surface area contributed by atoms with Crippen molar-refractivity contribution in [2.45, 2.75) is 6.42 Å². The Morgan fingerprint density at radius 2 is 2.00 bits per heavy atom. The van der Waals surface area contributed by atoms with E-state index >= 15 is 0 Å². The maximum Gasteiger partial charge on any atom is 0.255 e. The van der Waals surface area contributed by atoms with Crippen LogP contribution in [0.15, 0.2) is 59.3 Å². The maximum atomic E-state index is 10.8. The highest BCUT2D eigenvalue weighted by atomic mass is 35.5. The number of ether oxygens (including phenoxy) is 1. The molecule has 0 aliphatic carbocycles. The molecule has 0 saturated carbocycles. The molecule has 122 valence electrons. The monoisotopic (exact) mass is 342 g/mol. The highest BCUT2D eigenvalue weighted by Gasteiger charge is 2.14. The molecule has 0 aliphatic rings. The molecule has 0 radical (unpaired) electrons. The van der Waals surface area contributed by atoms with E-state index in [4.69, 9.17) is 26.5 Å². The molecule has 6 heteroatoms. The van der Waals surface area contributed by atoms with Crippen LogP contribution in [0.2, 0.25) is 5.02 Å². The number of nitrogens with zero attached hydrogens (tertiary/aromatic N) is 1. The van der Waals surface area contributed by atoms with E-state index in [1.54, 1.807) is 18.2 Å². The molecule has 3 aromatic rings. The third kappa shape index (κ3) is 3.75. The van der Waals surface area contributed by atoms with Crippen molar-refractivity contribution in [3.05, 3.63) is 71.2 Å². The molecular weight excluding hydrogens is 328 g/mol. The molecule has 0 atom stereocenters. The summed E-state index contributed by atoms with van der Waals surface area (Å²) in [6.45, 7) is -0.222. The molecule has 0 unspecified atom stereocenters. The molecular formula is C18H15ClN2O3. The number of carbonyl (C=O) groups excluding carboxylic acids is 1. The fraction of sp³-hybridized carbons (Fsp3) is 0.111. The number of amides is 1. The summed E-state index contributed by atoms with van der Waals surface area (Å²) >= 11 is 6.20. The summed E-state index contributed by atoms with van der Waals surface area (Å²) in [5, 5.41) is 0.371. The van der Waals surface area contributed by atoms with Crippen LogP contribution < -0.4 is 10.5 Å². The van der Waals surface area contributed by atoms with E-state index in [1.165, 1.54) is 6.39 Å². The summed E-state index contributed by atoms with van der Waals surface area (Å²) in [4.78, 5) is 15.1. The summed E-state index contributed by atoms with van der Waals surface area (Å²) in [7, 11) is 0. The van der Waals surface area contributed by atoms with E-state index in [2.05, 4.69) is 4.98 Å². The first-order valence-electron chi connectivity index (χ1n) is 7.31. The normalized spacial score (nSPS) is 10.5. The molecule has 3 rings (SSSR count). The van der Waals surface area contributed by atoms with Crippen LogP contribution in [0.25, 0.3) is 11.3 Å². The van der Waals surface area contributed by atoms with Gasteiger partial charge in [-0.25, -0.2) is 4.98 Å². The van der Waals surface area contributed by atoms with Gasteiger partial charge in [-0.15, -0.1) is 0 Å². The third-order valence-electron chi connectivity index (χ3n) is 3.42. The number of carbonyl (C=O) groups is 1. The van der Waals surface area contributed by atoms with Gasteiger partial charge in [-0.05, 0) is 23.8 Å². The predicted octanol–water partition coefficient (Wildman–Crippen LogP) is 3.45. The van der Waals surface area contributed by atoms with Crippen molar-refractivity contribution < 1.29 is 13.9 Å². The van der Waals surface area contributed by atoms with Crippen molar-refractivity contribution in [1.82, 2.24) is 4.98 Å². The lowest BCUT2D eigenvalue weighted by Gasteiger charge is -2.08. The van der Waals surface area contributed by atoms with Gasteiger partial charge in [0.2, 0.25) is 0 Å². The quantitative estimate of drug-likeness (QED) is 0.744. The molecule has 24 heavy (non-hydrogen) atoms. The summed E-state index contributed by atoms with van der Waals surface area (Å²) in [6.07, 6.45) is 2.07. The summed E-state index contributed by atoms with van der Waals surface area (Å²) in [5.41, 5.74) is 7.81. The number of halogens is 1. The molecule has 5 nitrogen and oxygen atoms in total. The minimum absolute atomic E-state index is 0.222. The van der Waals surface area contributed by atoms with E-state index < -0.39 is 5.91 Å². The highest BCUT2D eigenvalue weighted by Crippen LogP contribution is 2.32. The van der Waals surface area contributed by atoms with E-state index in [9.17, 15) is 4.79 Å². The Bertz CT molecular complexity index is 846. The first-order chi connectivity index (χ1) is 11.6. The molecule has 0 aliphatic heterocycles. The zero-order valence-electron chi connectivity index (χ0n) is 12.7. The zero-order valence-corrected chi connectivity index (χ0v) is 13.5. The lowest BCUT2D eigenvalue weighted by atomic mass is 10.1. The fourth-order valence-electron chi connectivity index (χ4n) is 2.33. The van der Waals surface area contributed by atoms with E-state index in [0.717, 1.165) is 16.8 Å². The summed E-state index contributed by atoms with van der Waals surface area (Å²) in [5.74, 6) is 0.487. The second-order valence-electron chi connectivity index (χ2n) is 5.19. The van der Waals surface area contributed by atoms with Gasteiger partial charge in [-0.2, -0.15) is 0 Å². The van der Waals surface area contributed by atoms with Gasteiger partial charge in [0, 0.05) is 12.0 Å². The summed E-state index contributed by atoms with van der Waals surface area (Å²) in [6, 6.07) is 15.2. The lowest BCUT2D eigenvalue weighted by molar-refractivity contribution is -0.119. The van der Waals surface area contributed by atoms with Gasteiger partial charge >= 0.3 is 0 Å². The highest BCUT2D eigenvalue weighted by molar-refractivity contribution is 6.32. The first kappa shape index (κ1) is 16.1. The molecule has 0 saturated heterocycles. The van der Waals surface area contributed by atoms with Crippen molar-refractivity contribution in [1.29, 1.82) is 0 Å². The number of benzene rings is 2. The van der Waals surface area contributed by atoms with Crippen molar-refractivity contribution in [3.63, 3.8) is 0 Å². The molecule has 1 heterocycles. The van der Waals surface area contributed by atoms with Crippen molar-refractivity contribution in [3.8, 4) is 17.1 Å². The van der Waals surface area contributed by atoms with Crippen LogP contribution >= 0.6 is 11.6 Å². The van der Waals surface area contributed by atoms with Gasteiger partial charge in [0.1, 0.15) is 5.75 Å². The summed E-state index contributed by atoms with van der Waals surface area (Å²) < 4.78 is 10.8. The number of hydrogen-bond donors (Lipinski definition) is 1. The van der Waals surface area contributed by atoms with Gasteiger partial charge < -0.3 is 14.9 Å². The predicted molar refractivity (Wildman–Crippen MR) is 90.9 cm³/mol. The first-order valence-corrected chi connectivity index (χ1v) is 7.68. The third-order valence-corrected chi connectivity index (χ3v) is 3.71. The van der Waals surface area contributed by atoms with E-state index in [-0.39, 0.29) is 6.61 Å². The lowest BCUT2D eigenvalue weighted by Crippen LogP contribution is -2.20. The van der Waals surface area contributed by atoms with Crippen LogP contribution in [-0.4, -0.2) is 17.5 Å². The van der Waals surface area contributed by atoms with Crippen LogP contribution in [0.4, 0.5) is 0 Å². The Labute approximate surface area is 144 Å². The smallest absolute Gasteiger partial charge is 0.255 e. The second kappa shape index (κ2) is 7.19. The number of hydrogen-bond acceptors (Lipinski definition) is 4. The van der Waals surface area contributed by atoms with Gasteiger partial charge in [-0.1, -0.05) is 41.9 Å². The Morgan fingerprint density at radius 1 is 1.21 bits per heavy atom. The Hall–Kier alpha value is -2.79. The SMILES string of the molecule is NC(=O)COc1ccc(-c2ocnc2Cc2ccccc2)cc1Cl. The van der Waals surface area contributed by atoms with E-state index in [0.29, 0.717) is 23.0 Å². The average Bonchev–Trinajstić information content (AvgIpc) is 3.02. The van der Waals surface area contributed by atoms with Crippen LogP contribution in [0.3, 0.4) is 0 Å². The number of aromatic nitrogens is 1. The van der Waals surface area contributed by atoms with Crippen molar-refractivity contribution in [2.75, 3.05) is 6.61 Å². The number of oxazole rings is 1. The largest absolute Gasteiger partial charge is 0.482 e. The van der Waals surface area contributed by atoms with Gasteiger partial charge in [-0.3, -0.25) is 4.79 Å². The Balaban J connectivity index is 1.84. The van der Waals surface area contributed by atoms with Crippen LogP contribution in [0.5, 0.6) is 5.75 Å². The van der Waals surface area contributed by atoms with Crippen LogP contribution in [0, 0.1) is 0 Å². The van der Waals surface area contributed by atoms with Crippen molar-refractivity contribution in [2.24, 2.45) is 5.73 Å². The minimum atomic E-state index is -0.560. The zero-order chi connectivity index (χ0) is 16.9. The number of primary amides is 1. The van der Waals surface area contributed by atoms with E-state index in [1.807, 2.05) is 30.3 Å². The second-order valence-corrected chi connectivity index (χ2v) is 5.60. The molecule has 1 aromatic heterocycles. The molecule has 2 N–H and O–H groups in total. The standard InChI is InChI=1S/C18H15ClN2O3/c19-14-9-13(6-7-16(14)23-10-17(20)22)18-15(21-11-24-18)8-12-4-2-1-3-5-12/h1-7,9,11H,8,10H2,(H2,20,22). The number of rotatable bonds is 6. The maximum absolute atomic E-state index is 10.8. The molecule has 0 bridgehead atoms. The molecule has 1 amide bonds. The fourth-order valence-corrected chi connectivity index (χ4v) is 2.56. The molecule has 2 aromatic carbocycles. The molecule has 0 fully saturated rings. The number of nitrogens with two attached hydrogens (primary N) is 1. The Kier molecular flexibility index (Phi) is 4.82. The Morgan fingerprint density at radius 3 is 2.71 bits per heavy atom. The topological polar surface area (TPSA) is 78.4 Å².